The summed E-state index contributed by atoms with van der Waals surface area (Å²) < 4.78 is 42.1. The Labute approximate surface area is 131 Å². The van der Waals surface area contributed by atoms with Crippen LogP contribution in [-0.4, -0.2) is 53.7 Å². The van der Waals surface area contributed by atoms with E-state index in [1.54, 1.807) is 0 Å². The summed E-state index contributed by atoms with van der Waals surface area (Å²) in [6.45, 7) is 1.12. The second-order valence-corrected chi connectivity index (χ2v) is 5.75. The average molecular weight is 339 g/mol. The first kappa shape index (κ1) is 19.0. The minimum atomic E-state index is -4.74. The number of nitrogens with one attached hydrogen (secondary N) is 1. The van der Waals surface area contributed by atoms with Gasteiger partial charge in [-0.05, 0) is 33.1 Å². The van der Waals surface area contributed by atoms with Crippen LogP contribution in [0.15, 0.2) is 0 Å². The molecule has 1 fully saturated rings. The number of halogens is 3. The summed E-state index contributed by atoms with van der Waals surface area (Å²) in [5.74, 6) is -1.26. The number of hydrogen-bond acceptors (Lipinski definition) is 4. The van der Waals surface area contributed by atoms with Gasteiger partial charge in [0, 0.05) is 6.54 Å². The molecule has 0 aromatic heterocycles. The number of amides is 3. The zero-order chi connectivity index (χ0) is 17.8. The molecule has 0 saturated carbocycles. The zero-order valence-electron chi connectivity index (χ0n) is 12.9. The third kappa shape index (κ3) is 5.00. The van der Waals surface area contributed by atoms with Crippen LogP contribution < -0.4 is 11.1 Å². The molecule has 0 radical (unpaired) electrons. The largest absolute Gasteiger partial charge is 0.434 e. The lowest BCUT2D eigenvalue weighted by Crippen LogP contribution is -2.53. The molecule has 10 heteroatoms. The highest BCUT2D eigenvalue weighted by atomic mass is 19.4. The number of alkyl carbamates (subject to hydrolysis) is 1. The summed E-state index contributed by atoms with van der Waals surface area (Å²) in [7, 11) is 0. The van der Waals surface area contributed by atoms with Crippen molar-refractivity contribution in [2.75, 3.05) is 13.1 Å². The number of rotatable bonds is 4. The number of ether oxygens (including phenoxy) is 1. The van der Waals surface area contributed by atoms with Crippen LogP contribution in [0.2, 0.25) is 0 Å². The molecule has 132 valence electrons. The van der Waals surface area contributed by atoms with Crippen molar-refractivity contribution >= 4 is 17.9 Å². The predicted octanol–water partition coefficient (Wildman–Crippen LogP) is 0.920. The summed E-state index contributed by atoms with van der Waals surface area (Å²) in [6, 6.07) is -0.763. The maximum atomic E-state index is 12.6. The van der Waals surface area contributed by atoms with Crippen LogP contribution in [0.3, 0.4) is 0 Å². The second kappa shape index (κ2) is 7.05. The smallest absolute Gasteiger partial charge is 0.427 e. The van der Waals surface area contributed by atoms with E-state index in [1.165, 1.54) is 4.90 Å². The second-order valence-electron chi connectivity index (χ2n) is 5.75. The van der Waals surface area contributed by atoms with Crippen LogP contribution >= 0.6 is 0 Å². The summed E-state index contributed by atoms with van der Waals surface area (Å²) in [5.41, 5.74) is 2.53. The fourth-order valence-corrected chi connectivity index (χ4v) is 2.10. The Bertz CT molecular complexity index is 480. The van der Waals surface area contributed by atoms with E-state index in [4.69, 9.17) is 5.73 Å². The van der Waals surface area contributed by atoms with E-state index in [-0.39, 0.29) is 0 Å². The van der Waals surface area contributed by atoms with Crippen molar-refractivity contribution in [1.29, 1.82) is 0 Å². The van der Waals surface area contributed by atoms with Crippen LogP contribution in [0.4, 0.5) is 18.0 Å². The maximum absolute atomic E-state index is 12.6. The van der Waals surface area contributed by atoms with Gasteiger partial charge in [-0.3, -0.25) is 9.59 Å². The normalized spacial score (nSPS) is 19.2. The molecular formula is C13H20F3N3O4. The maximum Gasteiger partial charge on any atom is 0.427 e. The standard InChI is InChI=1S/C13H20F3N3O4/c1-12(2,13(14,15)16)23-11(22)18-7-9(20)19-6-4-3-5-8(19)10(17)21/h8H,3-7H2,1-2H3,(H2,17,21)(H,18,22)/t8-/m0/s1. The van der Waals surface area contributed by atoms with Crippen LogP contribution in [0.5, 0.6) is 0 Å². The molecule has 0 aromatic rings. The van der Waals surface area contributed by atoms with Gasteiger partial charge in [-0.25, -0.2) is 4.79 Å². The highest BCUT2D eigenvalue weighted by Gasteiger charge is 2.51. The van der Waals surface area contributed by atoms with Crippen LogP contribution in [-0.2, 0) is 14.3 Å². The van der Waals surface area contributed by atoms with Gasteiger partial charge in [0.05, 0.1) is 0 Å². The van der Waals surface area contributed by atoms with E-state index in [0.717, 1.165) is 6.42 Å². The molecule has 1 saturated heterocycles. The third-order valence-corrected chi connectivity index (χ3v) is 3.57. The number of alkyl halides is 3. The van der Waals surface area contributed by atoms with E-state index in [2.05, 4.69) is 4.74 Å². The van der Waals surface area contributed by atoms with Crippen LogP contribution in [0.25, 0.3) is 0 Å². The minimum Gasteiger partial charge on any atom is -0.434 e. The molecule has 1 aliphatic rings. The number of likely N-dealkylation sites (tertiary alicyclic amines) is 1. The molecule has 1 atom stereocenters. The van der Waals surface area contributed by atoms with Gasteiger partial charge in [0.1, 0.15) is 12.6 Å². The van der Waals surface area contributed by atoms with Gasteiger partial charge in [-0.1, -0.05) is 0 Å². The molecule has 0 spiro atoms. The number of nitrogens with two attached hydrogens (primary N) is 1. The van der Waals surface area contributed by atoms with Gasteiger partial charge in [0.15, 0.2) is 0 Å². The van der Waals surface area contributed by atoms with Crippen molar-refractivity contribution in [2.24, 2.45) is 5.73 Å². The van der Waals surface area contributed by atoms with Crippen LogP contribution in [0, 0.1) is 0 Å². The highest BCUT2D eigenvalue weighted by Crippen LogP contribution is 2.32. The monoisotopic (exact) mass is 339 g/mol. The van der Waals surface area contributed by atoms with Crippen molar-refractivity contribution in [3.8, 4) is 0 Å². The highest BCUT2D eigenvalue weighted by molar-refractivity contribution is 5.88. The first-order valence-electron chi connectivity index (χ1n) is 7.08. The van der Waals surface area contributed by atoms with Crippen molar-refractivity contribution in [3.63, 3.8) is 0 Å². The predicted molar refractivity (Wildman–Crippen MR) is 73.2 cm³/mol. The fourth-order valence-electron chi connectivity index (χ4n) is 2.10. The van der Waals surface area contributed by atoms with Crippen molar-refractivity contribution in [2.45, 2.75) is 50.9 Å². The average Bonchev–Trinajstić information content (AvgIpc) is 2.43. The van der Waals surface area contributed by atoms with Crippen molar-refractivity contribution < 1.29 is 32.3 Å². The Hall–Kier alpha value is -2.00. The Kier molecular flexibility index (Phi) is 5.84. The number of hydrogen-bond donors (Lipinski definition) is 2. The lowest BCUT2D eigenvalue weighted by atomic mass is 10.0. The molecule has 3 N–H and O–H groups in total. The number of piperidine rings is 1. The van der Waals surface area contributed by atoms with E-state index in [1.807, 2.05) is 5.32 Å². The molecule has 7 nitrogen and oxygen atoms in total. The Morgan fingerprint density at radius 3 is 2.39 bits per heavy atom. The molecule has 1 aliphatic heterocycles. The first-order chi connectivity index (χ1) is 10.5. The molecular weight excluding hydrogens is 319 g/mol. The molecule has 1 heterocycles. The van der Waals surface area contributed by atoms with Crippen LogP contribution in [0.1, 0.15) is 33.1 Å². The molecule has 0 unspecified atom stereocenters. The molecule has 1 rings (SSSR count). The van der Waals surface area contributed by atoms with E-state index in [9.17, 15) is 27.6 Å². The van der Waals surface area contributed by atoms with Gasteiger partial charge in [0.25, 0.3) is 0 Å². The van der Waals surface area contributed by atoms with E-state index >= 15 is 0 Å². The Balaban J connectivity index is 2.55. The molecule has 3 amide bonds. The SMILES string of the molecule is CC(C)(OC(=O)NCC(=O)N1CCCC[C@H]1C(N)=O)C(F)(F)F. The fraction of sp³-hybridized carbons (Fsp3) is 0.769. The van der Waals surface area contributed by atoms with Gasteiger partial charge in [-0.2, -0.15) is 13.2 Å². The van der Waals surface area contributed by atoms with Gasteiger partial charge < -0.3 is 20.7 Å². The van der Waals surface area contributed by atoms with Gasteiger partial charge in [0.2, 0.25) is 17.4 Å². The summed E-state index contributed by atoms with van der Waals surface area (Å²) in [4.78, 5) is 35.9. The van der Waals surface area contributed by atoms with E-state index in [0.29, 0.717) is 33.2 Å². The number of carbonyl (C=O) groups excluding carboxylic acids is 3. The summed E-state index contributed by atoms with van der Waals surface area (Å²) in [6.07, 6.45) is -4.26. The zero-order valence-corrected chi connectivity index (χ0v) is 12.9. The lowest BCUT2D eigenvalue weighted by Gasteiger charge is -2.33. The van der Waals surface area contributed by atoms with E-state index < -0.39 is 42.3 Å². The quantitative estimate of drug-likeness (QED) is 0.795. The summed E-state index contributed by atoms with van der Waals surface area (Å²) in [5, 5.41) is 1.96. The van der Waals surface area contributed by atoms with Crippen molar-refractivity contribution in [3.05, 3.63) is 0 Å². The molecule has 0 aromatic carbocycles. The topological polar surface area (TPSA) is 102 Å². The Morgan fingerprint density at radius 2 is 1.87 bits per heavy atom. The number of nitrogens with zero attached hydrogens (tertiary/aromatic N) is 1. The minimum absolute atomic E-state index is 0.303. The lowest BCUT2D eigenvalue weighted by molar-refractivity contribution is -0.243. The number of carbonyl (C=O) groups is 3. The number of primary amides is 1. The Morgan fingerprint density at radius 1 is 1.26 bits per heavy atom. The third-order valence-electron chi connectivity index (χ3n) is 3.57. The molecule has 0 aliphatic carbocycles. The summed E-state index contributed by atoms with van der Waals surface area (Å²) >= 11 is 0. The van der Waals surface area contributed by atoms with Gasteiger partial charge >= 0.3 is 12.3 Å². The first-order valence-corrected chi connectivity index (χ1v) is 7.08. The van der Waals surface area contributed by atoms with Crippen molar-refractivity contribution in [1.82, 2.24) is 10.2 Å². The molecule has 23 heavy (non-hydrogen) atoms. The molecule has 0 bridgehead atoms. The van der Waals surface area contributed by atoms with Gasteiger partial charge in [-0.15, -0.1) is 0 Å².